The van der Waals surface area contributed by atoms with Crippen molar-refractivity contribution < 1.29 is 9.53 Å². The molecule has 1 amide bonds. The standard InChI is InChI=1S/C27H35N3O2/c1-20-13-14-25(21(2)19-20)32-18-8-17-30-24-12-7-6-11-23(24)29-26(30)15-16-28-27(31)22-9-4-3-5-10-22/h6-7,11-14,19,22H,3-5,8-10,15-18H2,1-2H3,(H,28,31). The first kappa shape index (κ1) is 22.4. The third-order valence-electron chi connectivity index (χ3n) is 6.47. The van der Waals surface area contributed by atoms with Gasteiger partial charge in [-0.25, -0.2) is 4.98 Å². The van der Waals surface area contributed by atoms with E-state index in [1.807, 2.05) is 6.07 Å². The predicted molar refractivity (Wildman–Crippen MR) is 129 cm³/mol. The molecule has 1 fully saturated rings. The molecule has 0 aliphatic heterocycles. The molecule has 0 saturated heterocycles. The van der Waals surface area contributed by atoms with E-state index in [0.29, 0.717) is 13.2 Å². The lowest BCUT2D eigenvalue weighted by Gasteiger charge is -2.20. The first-order valence-electron chi connectivity index (χ1n) is 12.0. The summed E-state index contributed by atoms with van der Waals surface area (Å²) in [5.41, 5.74) is 4.58. The monoisotopic (exact) mass is 433 g/mol. The van der Waals surface area contributed by atoms with Crippen LogP contribution < -0.4 is 10.1 Å². The normalized spacial score (nSPS) is 14.6. The predicted octanol–water partition coefficient (Wildman–Crippen LogP) is 5.36. The fourth-order valence-corrected chi connectivity index (χ4v) is 4.74. The van der Waals surface area contributed by atoms with Gasteiger partial charge in [-0.05, 0) is 56.9 Å². The van der Waals surface area contributed by atoms with Crippen molar-refractivity contribution in [1.29, 1.82) is 0 Å². The topological polar surface area (TPSA) is 56.1 Å². The number of hydrogen-bond donors (Lipinski definition) is 1. The number of benzene rings is 2. The Morgan fingerprint density at radius 2 is 1.94 bits per heavy atom. The fourth-order valence-electron chi connectivity index (χ4n) is 4.74. The quantitative estimate of drug-likeness (QED) is 0.462. The van der Waals surface area contributed by atoms with Gasteiger partial charge in [-0.1, -0.05) is 49.1 Å². The van der Waals surface area contributed by atoms with Crippen LogP contribution in [0.25, 0.3) is 11.0 Å². The number of hydrogen-bond acceptors (Lipinski definition) is 3. The van der Waals surface area contributed by atoms with E-state index in [-0.39, 0.29) is 11.8 Å². The van der Waals surface area contributed by atoms with Crippen LogP contribution in [-0.2, 0) is 17.8 Å². The molecule has 5 nitrogen and oxygen atoms in total. The molecule has 0 bridgehead atoms. The molecule has 0 atom stereocenters. The molecule has 32 heavy (non-hydrogen) atoms. The van der Waals surface area contributed by atoms with Crippen molar-refractivity contribution in [3.05, 3.63) is 59.4 Å². The van der Waals surface area contributed by atoms with Crippen LogP contribution in [0.5, 0.6) is 5.75 Å². The molecule has 4 rings (SSSR count). The zero-order valence-electron chi connectivity index (χ0n) is 19.4. The maximum atomic E-state index is 12.5. The van der Waals surface area contributed by atoms with E-state index in [4.69, 9.17) is 9.72 Å². The summed E-state index contributed by atoms with van der Waals surface area (Å²) in [6.45, 7) is 6.33. The Balaban J connectivity index is 1.35. The number of aromatic nitrogens is 2. The molecule has 0 spiro atoms. The van der Waals surface area contributed by atoms with Gasteiger partial charge in [-0.2, -0.15) is 0 Å². The van der Waals surface area contributed by atoms with Gasteiger partial charge in [0.25, 0.3) is 0 Å². The van der Waals surface area contributed by atoms with E-state index in [1.54, 1.807) is 0 Å². The van der Waals surface area contributed by atoms with Gasteiger partial charge in [0, 0.05) is 25.4 Å². The van der Waals surface area contributed by atoms with Gasteiger partial charge in [-0.15, -0.1) is 0 Å². The minimum Gasteiger partial charge on any atom is -0.493 e. The Morgan fingerprint density at radius 1 is 1.12 bits per heavy atom. The maximum Gasteiger partial charge on any atom is 0.223 e. The number of amides is 1. The van der Waals surface area contributed by atoms with Crippen LogP contribution in [-0.4, -0.2) is 28.6 Å². The number of imidazole rings is 1. The molecule has 1 aromatic heterocycles. The number of para-hydroxylation sites is 2. The molecule has 5 heteroatoms. The number of aryl methyl sites for hydroxylation is 3. The Morgan fingerprint density at radius 3 is 2.75 bits per heavy atom. The van der Waals surface area contributed by atoms with Gasteiger partial charge in [-0.3, -0.25) is 4.79 Å². The van der Waals surface area contributed by atoms with Crippen molar-refractivity contribution in [2.24, 2.45) is 5.92 Å². The molecule has 170 valence electrons. The van der Waals surface area contributed by atoms with E-state index in [0.717, 1.165) is 54.8 Å². The first-order valence-corrected chi connectivity index (χ1v) is 12.0. The number of rotatable bonds is 9. The lowest BCUT2D eigenvalue weighted by molar-refractivity contribution is -0.125. The van der Waals surface area contributed by atoms with Crippen molar-refractivity contribution in [3.63, 3.8) is 0 Å². The summed E-state index contributed by atoms with van der Waals surface area (Å²) >= 11 is 0. The average Bonchev–Trinajstić information content (AvgIpc) is 3.15. The Labute approximate surface area is 191 Å². The Bertz CT molecular complexity index is 1050. The second-order valence-corrected chi connectivity index (χ2v) is 9.02. The van der Waals surface area contributed by atoms with Crippen LogP contribution in [0.2, 0.25) is 0 Å². The van der Waals surface area contributed by atoms with Crippen LogP contribution in [0.15, 0.2) is 42.5 Å². The number of nitrogens with zero attached hydrogens (tertiary/aromatic N) is 2. The van der Waals surface area contributed by atoms with Crippen LogP contribution >= 0.6 is 0 Å². The molecule has 1 aliphatic rings. The highest BCUT2D eigenvalue weighted by Crippen LogP contribution is 2.24. The van der Waals surface area contributed by atoms with Crippen molar-refractivity contribution >= 4 is 16.9 Å². The third kappa shape index (κ3) is 5.50. The largest absolute Gasteiger partial charge is 0.493 e. The molecule has 0 radical (unpaired) electrons. The molecule has 0 unspecified atom stereocenters. The van der Waals surface area contributed by atoms with Crippen molar-refractivity contribution in [1.82, 2.24) is 14.9 Å². The summed E-state index contributed by atoms with van der Waals surface area (Å²) in [6, 6.07) is 14.6. The summed E-state index contributed by atoms with van der Waals surface area (Å²) in [4.78, 5) is 17.3. The van der Waals surface area contributed by atoms with Crippen molar-refractivity contribution in [2.75, 3.05) is 13.2 Å². The average molecular weight is 434 g/mol. The number of carbonyl (C=O) groups excluding carboxylic acids is 1. The highest BCUT2D eigenvalue weighted by Gasteiger charge is 2.20. The molecule has 2 aromatic carbocycles. The third-order valence-corrected chi connectivity index (χ3v) is 6.47. The highest BCUT2D eigenvalue weighted by atomic mass is 16.5. The van der Waals surface area contributed by atoms with Gasteiger partial charge in [0.15, 0.2) is 0 Å². The summed E-state index contributed by atoms with van der Waals surface area (Å²) in [5, 5.41) is 3.15. The zero-order valence-corrected chi connectivity index (χ0v) is 19.4. The summed E-state index contributed by atoms with van der Waals surface area (Å²) in [6.07, 6.45) is 7.33. The molecule has 1 aliphatic carbocycles. The van der Waals surface area contributed by atoms with E-state index >= 15 is 0 Å². The summed E-state index contributed by atoms with van der Waals surface area (Å²) in [7, 11) is 0. The van der Waals surface area contributed by atoms with Crippen LogP contribution in [0.4, 0.5) is 0 Å². The lowest BCUT2D eigenvalue weighted by atomic mass is 9.89. The number of nitrogens with one attached hydrogen (secondary N) is 1. The van der Waals surface area contributed by atoms with Crippen LogP contribution in [0.1, 0.15) is 55.5 Å². The molecular formula is C27H35N3O2. The van der Waals surface area contributed by atoms with E-state index < -0.39 is 0 Å². The first-order chi connectivity index (χ1) is 15.6. The van der Waals surface area contributed by atoms with Gasteiger partial charge >= 0.3 is 0 Å². The number of ether oxygens (including phenoxy) is 1. The second-order valence-electron chi connectivity index (χ2n) is 9.02. The SMILES string of the molecule is Cc1ccc(OCCCn2c(CCNC(=O)C3CCCCC3)nc3ccccc32)c(C)c1. The van der Waals surface area contributed by atoms with Gasteiger partial charge in [0.1, 0.15) is 11.6 Å². The minimum absolute atomic E-state index is 0.199. The molecule has 1 saturated carbocycles. The van der Waals surface area contributed by atoms with Crippen LogP contribution in [0.3, 0.4) is 0 Å². The Hall–Kier alpha value is -2.82. The molecule has 1 N–H and O–H groups in total. The highest BCUT2D eigenvalue weighted by molar-refractivity contribution is 5.78. The van der Waals surface area contributed by atoms with E-state index in [1.165, 1.54) is 30.4 Å². The molecular weight excluding hydrogens is 398 g/mol. The summed E-state index contributed by atoms with van der Waals surface area (Å²) < 4.78 is 8.32. The maximum absolute atomic E-state index is 12.5. The number of fused-ring (bicyclic) bond motifs is 1. The zero-order chi connectivity index (χ0) is 22.3. The van der Waals surface area contributed by atoms with Crippen molar-refractivity contribution in [2.45, 2.75) is 65.3 Å². The minimum atomic E-state index is 0.199. The van der Waals surface area contributed by atoms with Crippen LogP contribution in [0, 0.1) is 19.8 Å². The van der Waals surface area contributed by atoms with E-state index in [9.17, 15) is 4.79 Å². The fraction of sp³-hybridized carbons (Fsp3) is 0.481. The Kier molecular flexibility index (Phi) is 7.46. The molecule has 1 heterocycles. The van der Waals surface area contributed by atoms with E-state index in [2.05, 4.69) is 60.1 Å². The van der Waals surface area contributed by atoms with Gasteiger partial charge in [0.05, 0.1) is 17.6 Å². The second kappa shape index (κ2) is 10.7. The van der Waals surface area contributed by atoms with Gasteiger partial charge in [0.2, 0.25) is 5.91 Å². The van der Waals surface area contributed by atoms with Crippen molar-refractivity contribution in [3.8, 4) is 5.75 Å². The smallest absolute Gasteiger partial charge is 0.223 e. The number of carbonyl (C=O) groups is 1. The lowest BCUT2D eigenvalue weighted by Crippen LogP contribution is -2.33. The molecule has 3 aromatic rings. The van der Waals surface area contributed by atoms with Gasteiger partial charge < -0.3 is 14.6 Å². The summed E-state index contributed by atoms with van der Waals surface area (Å²) in [5.74, 6) is 2.40.